The quantitative estimate of drug-likeness (QED) is 0.870. The molecule has 2 saturated heterocycles. The molecule has 2 fully saturated rings. The van der Waals surface area contributed by atoms with Crippen LogP contribution in [-0.2, 0) is 9.59 Å². The van der Waals surface area contributed by atoms with E-state index >= 15 is 0 Å². The Hall–Kier alpha value is -1.62. The van der Waals surface area contributed by atoms with E-state index in [9.17, 15) is 9.59 Å². The van der Waals surface area contributed by atoms with Crippen molar-refractivity contribution >= 4 is 29.3 Å². The van der Waals surface area contributed by atoms with Crippen molar-refractivity contribution < 1.29 is 14.7 Å². The first-order valence-corrected chi connectivity index (χ1v) is 8.27. The minimum absolute atomic E-state index is 0.0738. The van der Waals surface area contributed by atoms with E-state index in [1.165, 1.54) is 0 Å². The number of amides is 1. The van der Waals surface area contributed by atoms with Gasteiger partial charge in [0.2, 0.25) is 5.91 Å². The maximum atomic E-state index is 12.4. The predicted octanol–water partition coefficient (Wildman–Crippen LogP) is 3.01. The third-order valence-electron chi connectivity index (χ3n) is 4.48. The summed E-state index contributed by atoms with van der Waals surface area (Å²) in [5, 5.41) is 10.9. The second-order valence-corrected chi connectivity index (χ2v) is 6.89. The normalized spacial score (nSPS) is 28.2. The van der Waals surface area contributed by atoms with Crippen molar-refractivity contribution in [2.24, 2.45) is 5.92 Å². The van der Waals surface area contributed by atoms with Crippen LogP contribution in [0.2, 0.25) is 0 Å². The Morgan fingerprint density at radius 1 is 1.33 bits per heavy atom. The number of nitrogens with zero attached hydrogens (tertiary/aromatic N) is 1. The fourth-order valence-corrected chi connectivity index (χ4v) is 4.31. The van der Waals surface area contributed by atoms with Gasteiger partial charge in [-0.25, -0.2) is 0 Å². The maximum absolute atomic E-state index is 12.4. The van der Waals surface area contributed by atoms with Gasteiger partial charge in [0, 0.05) is 29.5 Å². The van der Waals surface area contributed by atoms with Gasteiger partial charge in [0.05, 0.1) is 0 Å². The van der Waals surface area contributed by atoms with Crippen LogP contribution >= 0.6 is 11.3 Å². The molecule has 1 aromatic rings. The largest absolute Gasteiger partial charge is 0.481 e. The van der Waals surface area contributed by atoms with E-state index in [0.29, 0.717) is 0 Å². The second-order valence-electron chi connectivity index (χ2n) is 5.91. The Bertz CT molecular complexity index is 538. The summed E-state index contributed by atoms with van der Waals surface area (Å²) in [7, 11) is 0. The van der Waals surface area contributed by atoms with Crippen LogP contribution in [-0.4, -0.2) is 34.0 Å². The van der Waals surface area contributed by atoms with Gasteiger partial charge < -0.3 is 10.0 Å². The van der Waals surface area contributed by atoms with E-state index in [1.807, 2.05) is 28.5 Å². The molecule has 0 saturated carbocycles. The van der Waals surface area contributed by atoms with Gasteiger partial charge in [-0.2, -0.15) is 0 Å². The van der Waals surface area contributed by atoms with Crippen LogP contribution in [0.5, 0.6) is 0 Å². The highest BCUT2D eigenvalue weighted by Gasteiger charge is 2.42. The summed E-state index contributed by atoms with van der Waals surface area (Å²) in [6.45, 7) is 0. The summed E-state index contributed by atoms with van der Waals surface area (Å²) in [5.74, 6) is -0.424. The number of thiophene rings is 1. The molecule has 0 spiro atoms. The molecule has 2 aliphatic heterocycles. The predicted molar refractivity (Wildman–Crippen MR) is 82.0 cm³/mol. The van der Waals surface area contributed by atoms with Crippen molar-refractivity contribution in [1.82, 2.24) is 4.90 Å². The van der Waals surface area contributed by atoms with Crippen LogP contribution in [0.3, 0.4) is 0 Å². The summed E-state index contributed by atoms with van der Waals surface area (Å²) in [5.41, 5.74) is 0. The molecule has 5 heteroatoms. The Morgan fingerprint density at radius 2 is 2.05 bits per heavy atom. The molecular weight excluding hydrogens is 286 g/mol. The zero-order chi connectivity index (χ0) is 14.8. The van der Waals surface area contributed by atoms with E-state index in [1.54, 1.807) is 17.4 Å². The number of carbonyl (C=O) groups excluding carboxylic acids is 1. The van der Waals surface area contributed by atoms with Crippen LogP contribution in [0, 0.1) is 5.92 Å². The molecule has 2 atom stereocenters. The molecule has 2 aliphatic rings. The SMILES string of the molecule is O=C(O)CC1CC2CCC(C1)N2C(=O)C=Cc1cccs1. The van der Waals surface area contributed by atoms with Gasteiger partial charge >= 0.3 is 5.97 Å². The highest BCUT2D eigenvalue weighted by Crippen LogP contribution is 2.40. The molecule has 3 heterocycles. The molecule has 1 aromatic heterocycles. The highest BCUT2D eigenvalue weighted by molar-refractivity contribution is 7.10. The summed E-state index contributed by atoms with van der Waals surface area (Å²) >= 11 is 1.61. The van der Waals surface area contributed by atoms with Gasteiger partial charge in [-0.3, -0.25) is 9.59 Å². The van der Waals surface area contributed by atoms with Gasteiger partial charge in [-0.1, -0.05) is 6.07 Å². The lowest BCUT2D eigenvalue weighted by Crippen LogP contribution is -2.46. The number of rotatable bonds is 4. The second kappa shape index (κ2) is 6.02. The summed E-state index contributed by atoms with van der Waals surface area (Å²) in [6.07, 6.45) is 7.46. The Balaban J connectivity index is 1.64. The number of carboxylic acid groups (broad SMARTS) is 1. The molecule has 112 valence electrons. The first kappa shape index (κ1) is 14.3. The van der Waals surface area contributed by atoms with Crippen LogP contribution in [0.1, 0.15) is 37.0 Å². The van der Waals surface area contributed by atoms with Crippen LogP contribution in [0.15, 0.2) is 23.6 Å². The van der Waals surface area contributed by atoms with E-state index < -0.39 is 5.97 Å². The zero-order valence-corrected chi connectivity index (χ0v) is 12.6. The van der Waals surface area contributed by atoms with Crippen LogP contribution in [0.4, 0.5) is 0 Å². The standard InChI is InChI=1S/C16H19NO3S/c18-15(6-5-14-2-1-7-21-14)17-12-3-4-13(17)9-11(8-12)10-16(19)20/h1-2,5-7,11-13H,3-4,8-10H2,(H,19,20). The van der Waals surface area contributed by atoms with Crippen molar-refractivity contribution in [2.75, 3.05) is 0 Å². The molecule has 0 aromatic carbocycles. The fourth-order valence-electron chi connectivity index (χ4n) is 3.69. The molecule has 0 aliphatic carbocycles. The summed E-state index contributed by atoms with van der Waals surface area (Å²) in [6, 6.07) is 4.42. The van der Waals surface area contributed by atoms with Crippen molar-refractivity contribution in [3.63, 3.8) is 0 Å². The number of fused-ring (bicyclic) bond motifs is 2. The smallest absolute Gasteiger partial charge is 0.303 e. The van der Waals surface area contributed by atoms with E-state index in [4.69, 9.17) is 5.11 Å². The van der Waals surface area contributed by atoms with Gasteiger partial charge in [0.25, 0.3) is 0 Å². The first-order chi connectivity index (χ1) is 10.1. The van der Waals surface area contributed by atoms with Gasteiger partial charge in [-0.15, -0.1) is 11.3 Å². The number of hydrogen-bond acceptors (Lipinski definition) is 3. The van der Waals surface area contributed by atoms with E-state index in [-0.39, 0.29) is 30.3 Å². The topological polar surface area (TPSA) is 57.6 Å². The van der Waals surface area contributed by atoms with Crippen molar-refractivity contribution in [3.05, 3.63) is 28.5 Å². The van der Waals surface area contributed by atoms with Gasteiger partial charge in [-0.05, 0) is 49.1 Å². The van der Waals surface area contributed by atoms with Crippen molar-refractivity contribution in [3.8, 4) is 0 Å². The number of aliphatic carboxylic acids is 1. The fraction of sp³-hybridized carbons (Fsp3) is 0.500. The molecule has 2 bridgehead atoms. The Labute approximate surface area is 128 Å². The Morgan fingerprint density at radius 3 is 2.62 bits per heavy atom. The van der Waals surface area contributed by atoms with E-state index in [0.717, 1.165) is 30.6 Å². The number of carboxylic acids is 1. The average Bonchev–Trinajstić information content (AvgIpc) is 3.02. The lowest BCUT2D eigenvalue weighted by atomic mass is 9.88. The van der Waals surface area contributed by atoms with Crippen molar-refractivity contribution in [2.45, 2.75) is 44.2 Å². The van der Waals surface area contributed by atoms with Crippen LogP contribution in [0.25, 0.3) is 6.08 Å². The minimum Gasteiger partial charge on any atom is -0.481 e. The van der Waals surface area contributed by atoms with Crippen LogP contribution < -0.4 is 0 Å². The Kier molecular flexibility index (Phi) is 4.10. The molecule has 3 rings (SSSR count). The molecule has 1 amide bonds. The number of piperidine rings is 1. The first-order valence-electron chi connectivity index (χ1n) is 7.39. The molecule has 2 unspecified atom stereocenters. The van der Waals surface area contributed by atoms with Gasteiger partial charge in [0.15, 0.2) is 0 Å². The molecule has 1 N–H and O–H groups in total. The molecule has 0 radical (unpaired) electrons. The van der Waals surface area contributed by atoms with Gasteiger partial charge in [0.1, 0.15) is 0 Å². The third-order valence-corrected chi connectivity index (χ3v) is 5.32. The number of hydrogen-bond donors (Lipinski definition) is 1. The monoisotopic (exact) mass is 305 g/mol. The summed E-state index contributed by atoms with van der Waals surface area (Å²) < 4.78 is 0. The molecule has 21 heavy (non-hydrogen) atoms. The van der Waals surface area contributed by atoms with Crippen molar-refractivity contribution in [1.29, 1.82) is 0 Å². The zero-order valence-electron chi connectivity index (χ0n) is 11.8. The third kappa shape index (κ3) is 3.18. The summed E-state index contributed by atoms with van der Waals surface area (Å²) in [4.78, 5) is 26.3. The minimum atomic E-state index is -0.725. The maximum Gasteiger partial charge on any atom is 0.303 e. The lowest BCUT2D eigenvalue weighted by Gasteiger charge is -2.38. The highest BCUT2D eigenvalue weighted by atomic mass is 32.1. The molecular formula is C16H19NO3S. The molecule has 4 nitrogen and oxygen atoms in total. The number of carbonyl (C=O) groups is 2. The van der Waals surface area contributed by atoms with E-state index in [2.05, 4.69) is 0 Å². The lowest BCUT2D eigenvalue weighted by molar-refractivity contribution is -0.139. The average molecular weight is 305 g/mol.